The van der Waals surface area contributed by atoms with Crippen molar-refractivity contribution >= 4 is 34.5 Å². The standard InChI is InChI=1S/C16H22ClN3S/c1-3-21-14-6-4-5-13(14)20-15(9-10-17)19-12-8-7-11(2)18-16(12)20/h7-8,13-14H,3-6,9-10H2,1-2H3. The second-order valence-corrected chi connectivity index (χ2v) is 7.52. The zero-order valence-electron chi connectivity index (χ0n) is 12.7. The predicted molar refractivity (Wildman–Crippen MR) is 91.5 cm³/mol. The van der Waals surface area contributed by atoms with E-state index in [0.29, 0.717) is 17.2 Å². The minimum absolute atomic E-state index is 0.521. The number of rotatable bonds is 5. The molecule has 3 nitrogen and oxygen atoms in total. The van der Waals surface area contributed by atoms with Gasteiger partial charge in [-0.15, -0.1) is 11.6 Å². The number of pyridine rings is 1. The van der Waals surface area contributed by atoms with E-state index in [2.05, 4.69) is 29.3 Å². The summed E-state index contributed by atoms with van der Waals surface area (Å²) in [5.41, 5.74) is 3.11. The number of aromatic nitrogens is 3. The Bertz CT molecular complexity index is 625. The van der Waals surface area contributed by atoms with Gasteiger partial charge in [-0.25, -0.2) is 9.97 Å². The predicted octanol–water partition coefficient (Wildman–Crippen LogP) is 4.37. The van der Waals surface area contributed by atoms with Crippen molar-refractivity contribution in [2.45, 2.75) is 50.8 Å². The van der Waals surface area contributed by atoms with Crippen molar-refractivity contribution in [3.63, 3.8) is 0 Å². The Kier molecular flexibility index (Phi) is 4.75. The van der Waals surface area contributed by atoms with E-state index in [4.69, 9.17) is 21.6 Å². The Labute approximate surface area is 135 Å². The summed E-state index contributed by atoms with van der Waals surface area (Å²) in [6, 6.07) is 4.65. The molecule has 2 heterocycles. The molecule has 114 valence electrons. The molecular weight excluding hydrogens is 302 g/mol. The molecule has 2 unspecified atom stereocenters. The number of hydrogen-bond donors (Lipinski definition) is 0. The van der Waals surface area contributed by atoms with Gasteiger partial charge in [-0.2, -0.15) is 11.8 Å². The van der Waals surface area contributed by atoms with Crippen molar-refractivity contribution < 1.29 is 0 Å². The van der Waals surface area contributed by atoms with Crippen LogP contribution in [0.3, 0.4) is 0 Å². The van der Waals surface area contributed by atoms with Gasteiger partial charge in [-0.3, -0.25) is 0 Å². The van der Waals surface area contributed by atoms with Gasteiger partial charge in [0.05, 0.1) is 0 Å². The first-order valence-electron chi connectivity index (χ1n) is 7.76. The molecule has 2 aromatic rings. The van der Waals surface area contributed by atoms with Crippen LogP contribution < -0.4 is 0 Å². The van der Waals surface area contributed by atoms with Gasteiger partial charge in [0.2, 0.25) is 0 Å². The number of imidazole rings is 1. The molecule has 0 bridgehead atoms. The van der Waals surface area contributed by atoms with E-state index in [1.54, 1.807) is 0 Å². The normalized spacial score (nSPS) is 22.2. The van der Waals surface area contributed by atoms with Crippen LogP contribution in [0.25, 0.3) is 11.2 Å². The van der Waals surface area contributed by atoms with Crippen LogP contribution in [0.4, 0.5) is 0 Å². The largest absolute Gasteiger partial charge is 0.308 e. The maximum Gasteiger partial charge on any atom is 0.160 e. The second-order valence-electron chi connectivity index (χ2n) is 5.62. The van der Waals surface area contributed by atoms with Crippen molar-refractivity contribution in [1.82, 2.24) is 14.5 Å². The Morgan fingerprint density at radius 3 is 2.95 bits per heavy atom. The highest BCUT2D eigenvalue weighted by atomic mass is 35.5. The van der Waals surface area contributed by atoms with Crippen LogP contribution in [0, 0.1) is 6.92 Å². The summed E-state index contributed by atoms with van der Waals surface area (Å²) in [4.78, 5) is 9.56. The van der Waals surface area contributed by atoms with Gasteiger partial charge in [0, 0.05) is 29.3 Å². The third kappa shape index (κ3) is 2.93. The minimum atomic E-state index is 0.521. The molecule has 21 heavy (non-hydrogen) atoms. The average molecular weight is 324 g/mol. The van der Waals surface area contributed by atoms with E-state index in [1.165, 1.54) is 25.0 Å². The Morgan fingerprint density at radius 1 is 1.33 bits per heavy atom. The second kappa shape index (κ2) is 6.57. The Hall–Kier alpha value is -0.740. The fourth-order valence-corrected chi connectivity index (χ4v) is 4.75. The third-order valence-electron chi connectivity index (χ3n) is 4.20. The lowest BCUT2D eigenvalue weighted by Gasteiger charge is -2.22. The number of thioether (sulfide) groups is 1. The van der Waals surface area contributed by atoms with Crippen molar-refractivity contribution in [3.8, 4) is 0 Å². The molecule has 3 rings (SSSR count). The Morgan fingerprint density at radius 2 is 2.19 bits per heavy atom. The van der Waals surface area contributed by atoms with Gasteiger partial charge in [0.15, 0.2) is 5.65 Å². The van der Waals surface area contributed by atoms with E-state index in [-0.39, 0.29) is 0 Å². The number of alkyl halides is 1. The molecule has 0 N–H and O–H groups in total. The molecule has 0 radical (unpaired) electrons. The fourth-order valence-electron chi connectivity index (χ4n) is 3.34. The first kappa shape index (κ1) is 15.2. The van der Waals surface area contributed by atoms with Gasteiger partial charge in [0.25, 0.3) is 0 Å². The molecule has 0 spiro atoms. The summed E-state index contributed by atoms with van der Waals surface area (Å²) in [5, 5.41) is 0.684. The number of aryl methyl sites for hydroxylation is 2. The maximum absolute atomic E-state index is 5.99. The van der Waals surface area contributed by atoms with E-state index >= 15 is 0 Å². The summed E-state index contributed by atoms with van der Waals surface area (Å²) in [5.74, 6) is 2.89. The topological polar surface area (TPSA) is 30.7 Å². The van der Waals surface area contributed by atoms with Crippen LogP contribution in [-0.2, 0) is 6.42 Å². The molecule has 1 aliphatic rings. The summed E-state index contributed by atoms with van der Waals surface area (Å²) in [6.45, 7) is 4.29. The van der Waals surface area contributed by atoms with E-state index in [1.807, 2.05) is 13.0 Å². The van der Waals surface area contributed by atoms with Crippen molar-refractivity contribution in [1.29, 1.82) is 0 Å². The Balaban J connectivity index is 2.09. The molecule has 1 aliphatic carbocycles. The molecule has 5 heteroatoms. The SMILES string of the molecule is CCSC1CCCC1n1c(CCCl)nc2ccc(C)nc21. The first-order chi connectivity index (χ1) is 10.2. The summed E-state index contributed by atoms with van der Waals surface area (Å²) < 4.78 is 2.39. The molecule has 0 aromatic carbocycles. The van der Waals surface area contributed by atoms with Crippen molar-refractivity contribution in [2.24, 2.45) is 0 Å². The highest BCUT2D eigenvalue weighted by Crippen LogP contribution is 2.40. The molecule has 0 aliphatic heterocycles. The number of hydrogen-bond acceptors (Lipinski definition) is 3. The lowest BCUT2D eigenvalue weighted by Crippen LogP contribution is -2.19. The number of halogens is 1. The zero-order valence-corrected chi connectivity index (χ0v) is 14.3. The van der Waals surface area contributed by atoms with Crippen LogP contribution in [0.1, 0.15) is 43.7 Å². The van der Waals surface area contributed by atoms with Crippen LogP contribution in [-0.4, -0.2) is 31.4 Å². The third-order valence-corrected chi connectivity index (χ3v) is 5.70. The van der Waals surface area contributed by atoms with E-state index in [9.17, 15) is 0 Å². The van der Waals surface area contributed by atoms with Gasteiger partial charge >= 0.3 is 0 Å². The fraction of sp³-hybridized carbons (Fsp3) is 0.625. The van der Waals surface area contributed by atoms with Crippen molar-refractivity contribution in [3.05, 3.63) is 23.7 Å². The van der Waals surface area contributed by atoms with Crippen molar-refractivity contribution in [2.75, 3.05) is 11.6 Å². The molecule has 0 amide bonds. The van der Waals surface area contributed by atoms with Gasteiger partial charge in [-0.1, -0.05) is 13.3 Å². The van der Waals surface area contributed by atoms with E-state index < -0.39 is 0 Å². The number of nitrogens with zero attached hydrogens (tertiary/aromatic N) is 3. The highest BCUT2D eigenvalue weighted by Gasteiger charge is 2.31. The van der Waals surface area contributed by atoms with Crippen LogP contribution in [0.2, 0.25) is 0 Å². The quantitative estimate of drug-likeness (QED) is 0.766. The summed E-state index contributed by atoms with van der Waals surface area (Å²) in [6.07, 6.45) is 4.65. The van der Waals surface area contributed by atoms with E-state index in [0.717, 1.165) is 29.1 Å². The van der Waals surface area contributed by atoms with Gasteiger partial charge in [-0.05, 0) is 37.7 Å². The summed E-state index contributed by atoms with van der Waals surface area (Å²) >= 11 is 8.07. The zero-order chi connectivity index (χ0) is 14.8. The van der Waals surface area contributed by atoms with Crippen LogP contribution in [0.15, 0.2) is 12.1 Å². The number of fused-ring (bicyclic) bond motifs is 1. The molecule has 2 aromatic heterocycles. The lowest BCUT2D eigenvalue weighted by atomic mass is 10.2. The van der Waals surface area contributed by atoms with Crippen LogP contribution >= 0.6 is 23.4 Å². The van der Waals surface area contributed by atoms with Gasteiger partial charge < -0.3 is 4.57 Å². The lowest BCUT2D eigenvalue weighted by molar-refractivity contribution is 0.519. The van der Waals surface area contributed by atoms with Gasteiger partial charge in [0.1, 0.15) is 11.3 Å². The average Bonchev–Trinajstić information content (AvgIpc) is 3.03. The maximum atomic E-state index is 5.99. The van der Waals surface area contributed by atoms with Crippen LogP contribution in [0.5, 0.6) is 0 Å². The molecule has 2 atom stereocenters. The smallest absolute Gasteiger partial charge is 0.160 e. The first-order valence-corrected chi connectivity index (χ1v) is 9.35. The molecular formula is C16H22ClN3S. The summed E-state index contributed by atoms with van der Waals surface area (Å²) in [7, 11) is 0. The monoisotopic (exact) mass is 323 g/mol. The molecule has 0 saturated heterocycles. The molecule has 1 fully saturated rings. The molecule has 1 saturated carbocycles. The highest BCUT2D eigenvalue weighted by molar-refractivity contribution is 7.99. The minimum Gasteiger partial charge on any atom is -0.308 e.